The molecule has 1 nitrogen and oxygen atoms in total. The van der Waals surface area contributed by atoms with Crippen molar-refractivity contribution in [1.29, 1.82) is 0 Å². The molecule has 0 amide bonds. The van der Waals surface area contributed by atoms with Gasteiger partial charge in [-0.05, 0) is 49.8 Å². The third-order valence-electron chi connectivity index (χ3n) is 4.52. The Kier molecular flexibility index (Phi) is 3.03. The maximum absolute atomic E-state index is 13.4. The van der Waals surface area contributed by atoms with Gasteiger partial charge in [0.15, 0.2) is 0 Å². The lowest BCUT2D eigenvalue weighted by Crippen LogP contribution is -2.45. The van der Waals surface area contributed by atoms with Gasteiger partial charge in [0.25, 0.3) is 5.92 Å². The van der Waals surface area contributed by atoms with Gasteiger partial charge in [-0.15, -0.1) is 0 Å². The van der Waals surface area contributed by atoms with Gasteiger partial charge in [-0.25, -0.2) is 8.78 Å². The molecule has 1 aliphatic carbocycles. The molecule has 1 saturated heterocycles. The summed E-state index contributed by atoms with van der Waals surface area (Å²) in [6, 6.07) is 6.27. The van der Waals surface area contributed by atoms with Crippen LogP contribution in [0.3, 0.4) is 0 Å². The van der Waals surface area contributed by atoms with Crippen molar-refractivity contribution in [2.75, 3.05) is 11.4 Å². The number of piperidine rings is 1. The molecule has 3 rings (SSSR count). The maximum atomic E-state index is 13.4. The summed E-state index contributed by atoms with van der Waals surface area (Å²) < 4.78 is 26.9. The predicted octanol–water partition coefficient (Wildman–Crippen LogP) is 4.50. The first kappa shape index (κ1) is 12.9. The molecule has 1 saturated carbocycles. The SMILES string of the molecule is Cc1c(C2CC2)cccc1N1CCC(F)(F)CC1C. The van der Waals surface area contributed by atoms with Crippen molar-refractivity contribution in [2.24, 2.45) is 0 Å². The normalized spacial score (nSPS) is 26.5. The van der Waals surface area contributed by atoms with E-state index in [0.29, 0.717) is 12.5 Å². The molecule has 0 N–H and O–H groups in total. The summed E-state index contributed by atoms with van der Waals surface area (Å²) in [6.45, 7) is 4.52. The second-order valence-electron chi connectivity index (χ2n) is 6.12. The predicted molar refractivity (Wildman–Crippen MR) is 74.1 cm³/mol. The van der Waals surface area contributed by atoms with Crippen LogP contribution in [0.5, 0.6) is 0 Å². The molecule has 0 bridgehead atoms. The number of hydrogen-bond acceptors (Lipinski definition) is 1. The molecule has 1 aromatic carbocycles. The fraction of sp³-hybridized carbons (Fsp3) is 0.625. The molecule has 2 fully saturated rings. The van der Waals surface area contributed by atoms with E-state index in [0.717, 1.165) is 5.69 Å². The van der Waals surface area contributed by atoms with Crippen LogP contribution in [0.2, 0.25) is 0 Å². The van der Waals surface area contributed by atoms with Gasteiger partial charge in [0, 0.05) is 31.1 Å². The zero-order chi connectivity index (χ0) is 13.6. The molecule has 0 spiro atoms. The minimum Gasteiger partial charge on any atom is -0.368 e. The van der Waals surface area contributed by atoms with Crippen molar-refractivity contribution in [3.05, 3.63) is 29.3 Å². The Morgan fingerprint density at radius 1 is 1.26 bits per heavy atom. The van der Waals surface area contributed by atoms with E-state index in [1.165, 1.54) is 24.0 Å². The summed E-state index contributed by atoms with van der Waals surface area (Å²) in [6.07, 6.45) is 2.50. The molecule has 1 aromatic rings. The molecular formula is C16H21F2N. The first-order chi connectivity index (χ1) is 8.98. The Bertz CT molecular complexity index is 480. The smallest absolute Gasteiger partial charge is 0.251 e. The van der Waals surface area contributed by atoms with Crippen molar-refractivity contribution in [2.45, 2.75) is 57.4 Å². The zero-order valence-corrected chi connectivity index (χ0v) is 11.6. The number of alkyl halides is 2. The Hall–Kier alpha value is -1.12. The van der Waals surface area contributed by atoms with Gasteiger partial charge in [0.1, 0.15) is 0 Å². The number of nitrogens with zero attached hydrogens (tertiary/aromatic N) is 1. The third kappa shape index (κ3) is 2.47. The molecule has 1 heterocycles. The quantitative estimate of drug-likeness (QED) is 0.761. The average molecular weight is 265 g/mol. The molecule has 0 aromatic heterocycles. The zero-order valence-electron chi connectivity index (χ0n) is 11.6. The summed E-state index contributed by atoms with van der Waals surface area (Å²) in [5.41, 5.74) is 3.87. The molecule has 1 atom stereocenters. The van der Waals surface area contributed by atoms with Gasteiger partial charge in [-0.2, -0.15) is 0 Å². The number of anilines is 1. The van der Waals surface area contributed by atoms with Gasteiger partial charge in [-0.1, -0.05) is 12.1 Å². The van der Waals surface area contributed by atoms with Gasteiger partial charge >= 0.3 is 0 Å². The van der Waals surface area contributed by atoms with Crippen LogP contribution in [-0.2, 0) is 0 Å². The number of benzene rings is 1. The van der Waals surface area contributed by atoms with Crippen LogP contribution in [0.4, 0.5) is 14.5 Å². The van der Waals surface area contributed by atoms with Crippen molar-refractivity contribution >= 4 is 5.69 Å². The minimum absolute atomic E-state index is 0.0234. The molecule has 1 aliphatic heterocycles. The number of halogens is 2. The van der Waals surface area contributed by atoms with Crippen molar-refractivity contribution < 1.29 is 8.78 Å². The Morgan fingerprint density at radius 3 is 2.63 bits per heavy atom. The summed E-state index contributed by atoms with van der Waals surface area (Å²) >= 11 is 0. The fourth-order valence-electron chi connectivity index (χ4n) is 3.30. The van der Waals surface area contributed by atoms with Crippen LogP contribution in [0.1, 0.15) is 49.7 Å². The summed E-state index contributed by atoms with van der Waals surface area (Å²) in [7, 11) is 0. The van der Waals surface area contributed by atoms with E-state index < -0.39 is 5.92 Å². The molecular weight excluding hydrogens is 244 g/mol. The standard InChI is InChI=1S/C16H21F2N/c1-11-10-16(17,18)8-9-19(11)15-5-3-4-14(12(15)2)13-6-7-13/h3-5,11,13H,6-10H2,1-2H3. The van der Waals surface area contributed by atoms with Crippen molar-refractivity contribution in [3.8, 4) is 0 Å². The first-order valence-corrected chi connectivity index (χ1v) is 7.22. The number of rotatable bonds is 2. The molecule has 3 heteroatoms. The van der Waals surface area contributed by atoms with E-state index in [-0.39, 0.29) is 18.9 Å². The van der Waals surface area contributed by atoms with E-state index in [4.69, 9.17) is 0 Å². The van der Waals surface area contributed by atoms with E-state index >= 15 is 0 Å². The fourth-order valence-corrected chi connectivity index (χ4v) is 3.30. The summed E-state index contributed by atoms with van der Waals surface area (Å²) in [5.74, 6) is -1.78. The largest absolute Gasteiger partial charge is 0.368 e. The lowest BCUT2D eigenvalue weighted by Gasteiger charge is -2.40. The molecule has 1 unspecified atom stereocenters. The average Bonchev–Trinajstić information content (AvgIpc) is 3.13. The van der Waals surface area contributed by atoms with E-state index in [1.807, 2.05) is 6.92 Å². The second kappa shape index (κ2) is 4.46. The maximum Gasteiger partial charge on any atom is 0.251 e. The van der Waals surface area contributed by atoms with Crippen LogP contribution in [0.15, 0.2) is 18.2 Å². The topological polar surface area (TPSA) is 3.24 Å². The van der Waals surface area contributed by atoms with Crippen LogP contribution in [-0.4, -0.2) is 18.5 Å². The first-order valence-electron chi connectivity index (χ1n) is 7.22. The third-order valence-corrected chi connectivity index (χ3v) is 4.52. The van der Waals surface area contributed by atoms with Crippen LogP contribution in [0, 0.1) is 6.92 Å². The molecule has 19 heavy (non-hydrogen) atoms. The van der Waals surface area contributed by atoms with Crippen LogP contribution in [0.25, 0.3) is 0 Å². The van der Waals surface area contributed by atoms with E-state index in [2.05, 4.69) is 30.0 Å². The highest BCUT2D eigenvalue weighted by Gasteiger charge is 2.39. The minimum atomic E-state index is -2.49. The van der Waals surface area contributed by atoms with Gasteiger partial charge in [-0.3, -0.25) is 0 Å². The van der Waals surface area contributed by atoms with Crippen molar-refractivity contribution in [3.63, 3.8) is 0 Å². The molecule has 104 valence electrons. The summed E-state index contributed by atoms with van der Waals surface area (Å²) in [5, 5.41) is 0. The number of hydrogen-bond donors (Lipinski definition) is 0. The van der Waals surface area contributed by atoms with Crippen LogP contribution < -0.4 is 4.90 Å². The summed E-state index contributed by atoms with van der Waals surface area (Å²) in [4.78, 5) is 2.17. The van der Waals surface area contributed by atoms with E-state index in [1.54, 1.807) is 0 Å². The second-order valence-corrected chi connectivity index (χ2v) is 6.12. The van der Waals surface area contributed by atoms with Gasteiger partial charge < -0.3 is 4.90 Å². The highest BCUT2D eigenvalue weighted by molar-refractivity contribution is 5.58. The Balaban J connectivity index is 1.88. The van der Waals surface area contributed by atoms with Crippen LogP contribution >= 0.6 is 0 Å². The van der Waals surface area contributed by atoms with Crippen molar-refractivity contribution in [1.82, 2.24) is 0 Å². The Labute approximate surface area is 113 Å². The highest BCUT2D eigenvalue weighted by Crippen LogP contribution is 2.44. The lowest BCUT2D eigenvalue weighted by molar-refractivity contribution is -0.0318. The van der Waals surface area contributed by atoms with Gasteiger partial charge in [0.2, 0.25) is 0 Å². The van der Waals surface area contributed by atoms with Gasteiger partial charge in [0.05, 0.1) is 0 Å². The highest BCUT2D eigenvalue weighted by atomic mass is 19.3. The lowest BCUT2D eigenvalue weighted by atomic mass is 9.96. The molecule has 0 radical (unpaired) electrons. The monoisotopic (exact) mass is 265 g/mol. The Morgan fingerprint density at radius 2 is 2.00 bits per heavy atom. The van der Waals surface area contributed by atoms with E-state index in [9.17, 15) is 8.78 Å². The molecule has 2 aliphatic rings.